The molecular weight excluding hydrogens is 283 g/mol. The summed E-state index contributed by atoms with van der Waals surface area (Å²) in [6.45, 7) is 5.87. The minimum atomic E-state index is 0.509. The molecule has 0 aliphatic heterocycles. The van der Waals surface area contributed by atoms with Crippen LogP contribution < -0.4 is 5.32 Å². The second-order valence-electron chi connectivity index (χ2n) is 4.77. The van der Waals surface area contributed by atoms with Gasteiger partial charge in [-0.25, -0.2) is 4.98 Å². The zero-order chi connectivity index (χ0) is 13.8. The number of halogens is 2. The van der Waals surface area contributed by atoms with E-state index in [0.29, 0.717) is 34.2 Å². The van der Waals surface area contributed by atoms with E-state index in [0.717, 1.165) is 12.1 Å². The molecule has 0 spiro atoms. The van der Waals surface area contributed by atoms with Gasteiger partial charge in [-0.05, 0) is 30.7 Å². The van der Waals surface area contributed by atoms with Crippen LogP contribution in [0.25, 0.3) is 11.3 Å². The Kier molecular flexibility index (Phi) is 4.86. The fourth-order valence-corrected chi connectivity index (χ4v) is 1.94. The fraction of sp³-hybridized carbons (Fsp3) is 0.357. The molecule has 0 saturated heterocycles. The number of rotatable bonds is 5. The molecule has 0 unspecified atom stereocenters. The molecule has 0 aliphatic rings. The van der Waals surface area contributed by atoms with E-state index >= 15 is 0 Å². The minimum absolute atomic E-state index is 0.509. The first-order valence-electron chi connectivity index (χ1n) is 6.17. The van der Waals surface area contributed by atoms with Gasteiger partial charge in [-0.3, -0.25) is 0 Å². The number of aromatic nitrogens is 1. The molecule has 0 atom stereocenters. The Morgan fingerprint density at radius 2 is 2.05 bits per heavy atom. The van der Waals surface area contributed by atoms with Crippen molar-refractivity contribution in [2.24, 2.45) is 5.92 Å². The van der Waals surface area contributed by atoms with E-state index < -0.39 is 0 Å². The van der Waals surface area contributed by atoms with Crippen LogP contribution in [0.1, 0.15) is 19.7 Å². The van der Waals surface area contributed by atoms with Gasteiger partial charge < -0.3 is 9.73 Å². The van der Waals surface area contributed by atoms with E-state index in [1.807, 2.05) is 6.07 Å². The molecule has 1 aromatic carbocycles. The number of benzene rings is 1. The van der Waals surface area contributed by atoms with Crippen molar-refractivity contribution in [2.75, 3.05) is 6.54 Å². The van der Waals surface area contributed by atoms with Gasteiger partial charge in [0.1, 0.15) is 0 Å². The normalized spacial score (nSPS) is 11.2. The van der Waals surface area contributed by atoms with E-state index in [1.165, 1.54) is 0 Å². The van der Waals surface area contributed by atoms with Gasteiger partial charge in [-0.15, -0.1) is 0 Å². The van der Waals surface area contributed by atoms with Crippen LogP contribution in [0.5, 0.6) is 0 Å². The number of nitrogens with one attached hydrogen (secondary N) is 1. The van der Waals surface area contributed by atoms with E-state index in [-0.39, 0.29) is 0 Å². The van der Waals surface area contributed by atoms with Crippen LogP contribution in [0.3, 0.4) is 0 Å². The Labute approximate surface area is 122 Å². The summed E-state index contributed by atoms with van der Waals surface area (Å²) in [5.41, 5.74) is 0.872. The molecule has 1 heterocycles. The molecule has 0 bridgehead atoms. The van der Waals surface area contributed by atoms with Gasteiger partial charge in [0.05, 0.1) is 22.8 Å². The van der Waals surface area contributed by atoms with Gasteiger partial charge in [-0.2, -0.15) is 0 Å². The smallest absolute Gasteiger partial charge is 0.208 e. The average molecular weight is 299 g/mol. The highest BCUT2D eigenvalue weighted by atomic mass is 35.5. The van der Waals surface area contributed by atoms with Crippen molar-refractivity contribution in [3.05, 3.63) is 40.3 Å². The second kappa shape index (κ2) is 6.42. The summed E-state index contributed by atoms with van der Waals surface area (Å²) in [5.74, 6) is 1.96. The molecule has 0 fully saturated rings. The molecular formula is C14H16Cl2N2O. The van der Waals surface area contributed by atoms with Crippen LogP contribution in [0.4, 0.5) is 0 Å². The lowest BCUT2D eigenvalue weighted by atomic mass is 10.2. The maximum Gasteiger partial charge on any atom is 0.208 e. The van der Waals surface area contributed by atoms with Gasteiger partial charge in [0.15, 0.2) is 5.76 Å². The van der Waals surface area contributed by atoms with Crippen LogP contribution in [-0.2, 0) is 6.54 Å². The van der Waals surface area contributed by atoms with Crippen molar-refractivity contribution < 1.29 is 4.42 Å². The molecule has 0 saturated carbocycles. The monoisotopic (exact) mass is 298 g/mol. The van der Waals surface area contributed by atoms with Crippen molar-refractivity contribution >= 4 is 23.2 Å². The second-order valence-corrected chi connectivity index (χ2v) is 5.59. The van der Waals surface area contributed by atoms with Crippen LogP contribution in [0.15, 0.2) is 28.8 Å². The number of hydrogen-bond acceptors (Lipinski definition) is 3. The molecule has 3 nitrogen and oxygen atoms in total. The lowest BCUT2D eigenvalue weighted by Crippen LogP contribution is -2.18. The highest BCUT2D eigenvalue weighted by Crippen LogP contribution is 2.28. The molecule has 0 radical (unpaired) electrons. The third-order valence-electron chi connectivity index (χ3n) is 2.59. The maximum absolute atomic E-state index is 5.98. The Morgan fingerprint density at radius 1 is 1.26 bits per heavy atom. The molecule has 2 aromatic rings. The molecule has 1 N–H and O–H groups in total. The molecule has 19 heavy (non-hydrogen) atoms. The Hall–Kier alpha value is -1.03. The fourth-order valence-electron chi connectivity index (χ4n) is 1.64. The first-order valence-corrected chi connectivity index (χ1v) is 6.92. The summed E-state index contributed by atoms with van der Waals surface area (Å²) in [7, 11) is 0. The zero-order valence-electron chi connectivity index (χ0n) is 10.9. The van der Waals surface area contributed by atoms with Gasteiger partial charge in [0.25, 0.3) is 0 Å². The maximum atomic E-state index is 5.98. The molecule has 2 rings (SSSR count). The summed E-state index contributed by atoms with van der Waals surface area (Å²) in [4.78, 5) is 4.24. The van der Waals surface area contributed by atoms with E-state index in [4.69, 9.17) is 27.6 Å². The molecule has 1 aromatic heterocycles. The molecule has 0 aliphatic carbocycles. The highest BCUT2D eigenvalue weighted by Gasteiger charge is 2.08. The van der Waals surface area contributed by atoms with Gasteiger partial charge in [0.2, 0.25) is 5.89 Å². The molecule has 5 heteroatoms. The third kappa shape index (κ3) is 3.96. The van der Waals surface area contributed by atoms with E-state index in [9.17, 15) is 0 Å². The Balaban J connectivity index is 2.05. The highest BCUT2D eigenvalue weighted by molar-refractivity contribution is 6.42. The number of hydrogen-bond donors (Lipinski definition) is 1. The molecule has 102 valence electrons. The lowest BCUT2D eigenvalue weighted by Gasteiger charge is -2.04. The lowest BCUT2D eigenvalue weighted by molar-refractivity contribution is 0.459. The third-order valence-corrected chi connectivity index (χ3v) is 3.33. The summed E-state index contributed by atoms with van der Waals surface area (Å²) in [6, 6.07) is 5.38. The standard InChI is InChI=1S/C14H16Cl2N2O/c1-9(2)6-17-8-14-18-7-13(19-14)10-3-4-11(15)12(16)5-10/h3-5,7,9,17H,6,8H2,1-2H3. The van der Waals surface area contributed by atoms with Crippen LogP contribution in [0, 0.1) is 5.92 Å². The van der Waals surface area contributed by atoms with Gasteiger partial charge in [0, 0.05) is 5.56 Å². The summed E-state index contributed by atoms with van der Waals surface area (Å²) in [5, 5.41) is 4.32. The topological polar surface area (TPSA) is 38.1 Å². The van der Waals surface area contributed by atoms with Crippen LogP contribution >= 0.6 is 23.2 Å². The summed E-state index contributed by atoms with van der Waals surface area (Å²) < 4.78 is 5.67. The van der Waals surface area contributed by atoms with Crippen LogP contribution in [-0.4, -0.2) is 11.5 Å². The first kappa shape index (κ1) is 14.4. The molecule has 0 amide bonds. The number of oxazole rings is 1. The van der Waals surface area contributed by atoms with Gasteiger partial charge >= 0.3 is 0 Å². The van der Waals surface area contributed by atoms with E-state index in [2.05, 4.69) is 24.1 Å². The van der Waals surface area contributed by atoms with Crippen molar-refractivity contribution in [2.45, 2.75) is 20.4 Å². The predicted molar refractivity (Wildman–Crippen MR) is 78.5 cm³/mol. The number of nitrogens with zero attached hydrogens (tertiary/aromatic N) is 1. The minimum Gasteiger partial charge on any atom is -0.439 e. The summed E-state index contributed by atoms with van der Waals surface area (Å²) >= 11 is 11.9. The Bertz CT molecular complexity index is 552. The summed E-state index contributed by atoms with van der Waals surface area (Å²) in [6.07, 6.45) is 1.70. The zero-order valence-corrected chi connectivity index (χ0v) is 12.4. The quantitative estimate of drug-likeness (QED) is 0.889. The first-order chi connectivity index (χ1) is 9.06. The van der Waals surface area contributed by atoms with Crippen molar-refractivity contribution in [1.82, 2.24) is 10.3 Å². The van der Waals surface area contributed by atoms with E-state index in [1.54, 1.807) is 18.3 Å². The SMILES string of the molecule is CC(C)CNCc1ncc(-c2ccc(Cl)c(Cl)c2)o1. The average Bonchev–Trinajstić information content (AvgIpc) is 2.81. The van der Waals surface area contributed by atoms with Gasteiger partial charge in [-0.1, -0.05) is 37.0 Å². The van der Waals surface area contributed by atoms with Crippen molar-refractivity contribution in [3.8, 4) is 11.3 Å². The van der Waals surface area contributed by atoms with Crippen LogP contribution in [0.2, 0.25) is 10.0 Å². The predicted octanol–water partition coefficient (Wildman–Crippen LogP) is 4.39. The van der Waals surface area contributed by atoms with Crippen molar-refractivity contribution in [3.63, 3.8) is 0 Å². The largest absolute Gasteiger partial charge is 0.439 e. The van der Waals surface area contributed by atoms with Crippen molar-refractivity contribution in [1.29, 1.82) is 0 Å². The Morgan fingerprint density at radius 3 is 2.74 bits per heavy atom.